The van der Waals surface area contributed by atoms with Crippen LogP contribution in [0.15, 0.2) is 24.3 Å². The third-order valence-corrected chi connectivity index (χ3v) is 2.79. The van der Waals surface area contributed by atoms with Crippen LogP contribution >= 0.6 is 0 Å². The van der Waals surface area contributed by atoms with Gasteiger partial charge in [-0.3, -0.25) is 4.72 Å². The van der Waals surface area contributed by atoms with Gasteiger partial charge in [0, 0.05) is 5.56 Å². The Morgan fingerprint density at radius 3 is 2.71 bits per heavy atom. The highest BCUT2D eigenvalue weighted by atomic mass is 32.2. The minimum Gasteiger partial charge on any atom is -0.384 e. The summed E-state index contributed by atoms with van der Waals surface area (Å²) >= 11 is 0. The summed E-state index contributed by atoms with van der Waals surface area (Å²) in [5.74, 6) is 4.43. The van der Waals surface area contributed by atoms with Gasteiger partial charge in [-0.05, 0) is 12.1 Å². The molecule has 0 aliphatic heterocycles. The van der Waals surface area contributed by atoms with E-state index in [2.05, 4.69) is 16.6 Å². The van der Waals surface area contributed by atoms with Crippen LogP contribution in [0.5, 0.6) is 0 Å². The summed E-state index contributed by atoms with van der Waals surface area (Å²) in [6, 6.07) is 8.07. The van der Waals surface area contributed by atoms with Crippen molar-refractivity contribution in [1.29, 1.82) is 5.26 Å². The third kappa shape index (κ3) is 4.15. The van der Waals surface area contributed by atoms with Gasteiger partial charge < -0.3 is 5.11 Å². The Morgan fingerprint density at radius 2 is 2.06 bits per heavy atom. The van der Waals surface area contributed by atoms with E-state index >= 15 is 0 Å². The van der Waals surface area contributed by atoms with E-state index in [0.29, 0.717) is 11.3 Å². The topological polar surface area (TPSA) is 90.2 Å². The van der Waals surface area contributed by atoms with Gasteiger partial charge in [0.15, 0.2) is 5.75 Å². The lowest BCUT2D eigenvalue weighted by molar-refractivity contribution is 0.350. The Balaban J connectivity index is 3.04. The molecule has 0 saturated heterocycles. The molecule has 0 amide bonds. The Bertz CT molecular complexity index is 591. The first kappa shape index (κ1) is 13.0. The minimum atomic E-state index is -3.67. The zero-order valence-electron chi connectivity index (χ0n) is 8.84. The van der Waals surface area contributed by atoms with Crippen molar-refractivity contribution in [3.8, 4) is 17.9 Å². The van der Waals surface area contributed by atoms with Gasteiger partial charge in [0.25, 0.3) is 0 Å². The van der Waals surface area contributed by atoms with Crippen molar-refractivity contribution >= 4 is 15.7 Å². The molecule has 0 fully saturated rings. The van der Waals surface area contributed by atoms with Crippen molar-refractivity contribution in [3.05, 3.63) is 29.8 Å². The van der Waals surface area contributed by atoms with Crippen LogP contribution in [0.1, 0.15) is 5.56 Å². The molecule has 17 heavy (non-hydrogen) atoms. The van der Waals surface area contributed by atoms with E-state index in [4.69, 9.17) is 10.4 Å². The number of hydrogen-bond acceptors (Lipinski definition) is 4. The molecule has 5 nitrogen and oxygen atoms in total. The van der Waals surface area contributed by atoms with Crippen LogP contribution in [0.3, 0.4) is 0 Å². The van der Waals surface area contributed by atoms with Gasteiger partial charge in [-0.2, -0.15) is 5.26 Å². The number of benzene rings is 1. The summed E-state index contributed by atoms with van der Waals surface area (Å²) in [7, 11) is -3.67. The molecule has 6 heteroatoms. The maximum absolute atomic E-state index is 11.4. The number of rotatable bonds is 3. The van der Waals surface area contributed by atoms with Gasteiger partial charge >= 0.3 is 0 Å². The molecule has 0 aliphatic rings. The number of aliphatic hydroxyl groups excluding tert-OH is 1. The highest BCUT2D eigenvalue weighted by Gasteiger charge is 2.11. The zero-order chi connectivity index (χ0) is 12.7. The van der Waals surface area contributed by atoms with Crippen molar-refractivity contribution in [2.24, 2.45) is 0 Å². The molecule has 0 heterocycles. The molecule has 0 spiro atoms. The van der Waals surface area contributed by atoms with Gasteiger partial charge in [0.1, 0.15) is 6.61 Å². The minimum absolute atomic E-state index is 0.295. The van der Waals surface area contributed by atoms with Crippen LogP contribution in [0.25, 0.3) is 0 Å². The van der Waals surface area contributed by atoms with Gasteiger partial charge in [-0.15, -0.1) is 0 Å². The summed E-state index contributed by atoms with van der Waals surface area (Å²) in [6.07, 6.45) is 0. The molecule has 0 atom stereocenters. The summed E-state index contributed by atoms with van der Waals surface area (Å²) in [5, 5.41) is 16.9. The number of para-hydroxylation sites is 1. The Hall–Kier alpha value is -2.02. The van der Waals surface area contributed by atoms with E-state index in [-0.39, 0.29) is 6.61 Å². The second kappa shape index (κ2) is 5.90. The van der Waals surface area contributed by atoms with Crippen LogP contribution in [-0.4, -0.2) is 25.9 Å². The summed E-state index contributed by atoms with van der Waals surface area (Å²) in [6.45, 7) is -0.306. The second-order valence-electron chi connectivity index (χ2n) is 3.02. The summed E-state index contributed by atoms with van der Waals surface area (Å²) in [4.78, 5) is 0. The smallest absolute Gasteiger partial charge is 0.246 e. The van der Waals surface area contributed by atoms with E-state index in [9.17, 15) is 8.42 Å². The first-order chi connectivity index (χ1) is 8.09. The predicted molar refractivity (Wildman–Crippen MR) is 63.4 cm³/mol. The van der Waals surface area contributed by atoms with Crippen molar-refractivity contribution in [3.63, 3.8) is 0 Å². The standard InChI is InChI=1S/C11H10N2O3S/c12-7-9-17(15,16)13-11-6-2-1-4-10(11)5-3-8-14/h1-2,4,6,13-14H,8-9H2. The highest BCUT2D eigenvalue weighted by molar-refractivity contribution is 7.92. The number of sulfonamides is 1. The van der Waals surface area contributed by atoms with Crippen molar-refractivity contribution in [1.82, 2.24) is 0 Å². The first-order valence-electron chi connectivity index (χ1n) is 4.65. The largest absolute Gasteiger partial charge is 0.384 e. The molecule has 2 N–H and O–H groups in total. The van der Waals surface area contributed by atoms with E-state index in [0.717, 1.165) is 0 Å². The van der Waals surface area contributed by atoms with Gasteiger partial charge in [0.2, 0.25) is 10.0 Å². The molecule has 0 radical (unpaired) electrons. The fraction of sp³-hybridized carbons (Fsp3) is 0.182. The average molecular weight is 250 g/mol. The Kier molecular flexibility index (Phi) is 4.53. The molecular formula is C11H10N2O3S. The first-order valence-corrected chi connectivity index (χ1v) is 6.30. The molecule has 1 aromatic rings. The van der Waals surface area contributed by atoms with E-state index in [1.54, 1.807) is 24.3 Å². The molecule has 0 aliphatic carbocycles. The summed E-state index contributed by atoms with van der Waals surface area (Å²) in [5.41, 5.74) is 0.742. The summed E-state index contributed by atoms with van der Waals surface area (Å²) < 4.78 is 25.1. The van der Waals surface area contributed by atoms with Crippen molar-refractivity contribution < 1.29 is 13.5 Å². The van der Waals surface area contributed by atoms with Gasteiger partial charge in [0.05, 0.1) is 11.8 Å². The van der Waals surface area contributed by atoms with Crippen molar-refractivity contribution in [2.75, 3.05) is 17.1 Å². The number of hydrogen-bond donors (Lipinski definition) is 2. The normalized spacial score (nSPS) is 9.88. The second-order valence-corrected chi connectivity index (χ2v) is 4.75. The molecule has 1 rings (SSSR count). The van der Waals surface area contributed by atoms with Crippen LogP contribution in [-0.2, 0) is 10.0 Å². The molecule has 0 aromatic heterocycles. The van der Waals surface area contributed by atoms with E-state index in [1.165, 1.54) is 6.07 Å². The molecule has 88 valence electrons. The number of nitrogens with zero attached hydrogens (tertiary/aromatic N) is 1. The highest BCUT2D eigenvalue weighted by Crippen LogP contribution is 2.15. The third-order valence-electron chi connectivity index (χ3n) is 1.75. The van der Waals surface area contributed by atoms with Crippen LogP contribution < -0.4 is 4.72 Å². The number of nitriles is 1. The van der Waals surface area contributed by atoms with Crippen LogP contribution in [0.2, 0.25) is 0 Å². The molecule has 0 unspecified atom stereocenters. The zero-order valence-corrected chi connectivity index (χ0v) is 9.66. The lowest BCUT2D eigenvalue weighted by atomic mass is 10.2. The number of anilines is 1. The SMILES string of the molecule is N#CCS(=O)(=O)Nc1ccccc1C#CCO. The van der Waals surface area contributed by atoms with Gasteiger partial charge in [-0.25, -0.2) is 8.42 Å². The number of aliphatic hydroxyl groups is 1. The molecular weight excluding hydrogens is 240 g/mol. The quantitative estimate of drug-likeness (QED) is 0.755. The average Bonchev–Trinajstić information content (AvgIpc) is 2.27. The van der Waals surface area contributed by atoms with Crippen molar-refractivity contribution in [2.45, 2.75) is 0 Å². The molecule has 0 bridgehead atoms. The fourth-order valence-electron chi connectivity index (χ4n) is 1.10. The van der Waals surface area contributed by atoms with E-state index < -0.39 is 15.8 Å². The van der Waals surface area contributed by atoms with Gasteiger partial charge in [-0.1, -0.05) is 24.0 Å². The monoisotopic (exact) mass is 250 g/mol. The fourth-order valence-corrected chi connectivity index (χ4v) is 1.86. The molecule has 0 saturated carbocycles. The predicted octanol–water partition coefficient (Wildman–Crippen LogP) is 0.296. The maximum Gasteiger partial charge on any atom is 0.246 e. The molecule has 1 aromatic carbocycles. The maximum atomic E-state index is 11.4. The van der Waals surface area contributed by atoms with Crippen LogP contribution in [0, 0.1) is 23.2 Å². The number of nitrogens with one attached hydrogen (secondary N) is 1. The lowest BCUT2D eigenvalue weighted by Crippen LogP contribution is -2.16. The lowest BCUT2D eigenvalue weighted by Gasteiger charge is -2.06. The van der Waals surface area contributed by atoms with Crippen LogP contribution in [0.4, 0.5) is 5.69 Å². The van der Waals surface area contributed by atoms with E-state index in [1.807, 2.05) is 0 Å². The Labute approximate surface area is 99.8 Å². The Morgan fingerprint density at radius 1 is 1.35 bits per heavy atom.